The minimum Gasteiger partial charge on any atom is -0.465 e. The quantitative estimate of drug-likeness (QED) is 0.514. The highest BCUT2D eigenvalue weighted by Crippen LogP contribution is 2.32. The van der Waals surface area contributed by atoms with Gasteiger partial charge in [-0.3, -0.25) is 9.36 Å². The third kappa shape index (κ3) is 4.34. The number of pyridine rings is 1. The third-order valence-corrected chi connectivity index (χ3v) is 7.34. The standard InChI is InChI=1S/C24H27BrN6O3/c1-15-19-14-20(25)22(32)31(18-4-2-3-5-18)21(19)28-23(26-15)27-16-6-8-17(9-7-16)29-10-12-30(13-11-29)24(33)34/h6-9,14,18H,2-5,10-13H2,1H3,(H,33,34)(H,26,27,28). The van der Waals surface area contributed by atoms with Crippen molar-refractivity contribution in [2.45, 2.75) is 38.6 Å². The normalized spacial score (nSPS) is 16.9. The zero-order valence-electron chi connectivity index (χ0n) is 19.0. The molecule has 2 aromatic heterocycles. The first-order valence-electron chi connectivity index (χ1n) is 11.6. The zero-order valence-corrected chi connectivity index (χ0v) is 20.6. The lowest BCUT2D eigenvalue weighted by Gasteiger charge is -2.34. The number of carbonyl (C=O) groups is 1. The van der Waals surface area contributed by atoms with Gasteiger partial charge in [0.1, 0.15) is 5.65 Å². The second-order valence-electron chi connectivity index (χ2n) is 8.90. The Morgan fingerprint density at radius 2 is 1.76 bits per heavy atom. The molecule has 178 valence electrons. The number of benzene rings is 1. The molecule has 2 fully saturated rings. The van der Waals surface area contributed by atoms with Crippen molar-refractivity contribution in [2.24, 2.45) is 0 Å². The molecule has 0 unspecified atom stereocenters. The van der Waals surface area contributed by atoms with Crippen molar-refractivity contribution in [3.8, 4) is 0 Å². The molecule has 5 rings (SSSR count). The number of fused-ring (bicyclic) bond motifs is 1. The van der Waals surface area contributed by atoms with Crippen molar-refractivity contribution in [1.82, 2.24) is 19.4 Å². The molecule has 3 aromatic rings. The molecule has 0 bridgehead atoms. The number of aromatic nitrogens is 3. The monoisotopic (exact) mass is 526 g/mol. The van der Waals surface area contributed by atoms with Gasteiger partial charge in [0.25, 0.3) is 5.56 Å². The summed E-state index contributed by atoms with van der Waals surface area (Å²) in [5.74, 6) is 0.460. The first kappa shape index (κ1) is 22.6. The van der Waals surface area contributed by atoms with Gasteiger partial charge < -0.3 is 20.2 Å². The number of anilines is 3. The van der Waals surface area contributed by atoms with E-state index in [2.05, 4.69) is 31.1 Å². The molecule has 2 N–H and O–H groups in total. The highest BCUT2D eigenvalue weighted by atomic mass is 79.9. The number of nitrogens with zero attached hydrogens (tertiary/aromatic N) is 5. The van der Waals surface area contributed by atoms with Gasteiger partial charge in [-0.25, -0.2) is 9.78 Å². The molecule has 0 spiro atoms. The van der Waals surface area contributed by atoms with E-state index < -0.39 is 6.09 Å². The van der Waals surface area contributed by atoms with E-state index in [1.165, 1.54) is 4.90 Å². The smallest absolute Gasteiger partial charge is 0.407 e. The van der Waals surface area contributed by atoms with E-state index in [9.17, 15) is 9.59 Å². The average molecular weight is 527 g/mol. The van der Waals surface area contributed by atoms with Gasteiger partial charge in [0.2, 0.25) is 5.95 Å². The second kappa shape index (κ2) is 9.25. The Labute approximate surface area is 205 Å². The van der Waals surface area contributed by atoms with Crippen LogP contribution in [0.2, 0.25) is 0 Å². The number of amides is 1. The maximum absolute atomic E-state index is 13.0. The summed E-state index contributed by atoms with van der Waals surface area (Å²) in [6.07, 6.45) is 3.35. The predicted molar refractivity (Wildman–Crippen MR) is 135 cm³/mol. The number of piperazine rings is 1. The van der Waals surface area contributed by atoms with E-state index in [0.717, 1.165) is 48.1 Å². The molecule has 34 heavy (non-hydrogen) atoms. The lowest BCUT2D eigenvalue weighted by molar-refractivity contribution is 0.142. The first-order chi connectivity index (χ1) is 16.4. The summed E-state index contributed by atoms with van der Waals surface area (Å²) >= 11 is 3.43. The Hall–Kier alpha value is -3.14. The highest BCUT2D eigenvalue weighted by Gasteiger charge is 2.23. The average Bonchev–Trinajstić information content (AvgIpc) is 3.36. The van der Waals surface area contributed by atoms with E-state index in [0.29, 0.717) is 42.2 Å². The summed E-state index contributed by atoms with van der Waals surface area (Å²) in [7, 11) is 0. The van der Waals surface area contributed by atoms with Crippen molar-refractivity contribution in [1.29, 1.82) is 0 Å². The lowest BCUT2D eigenvalue weighted by atomic mass is 10.2. The van der Waals surface area contributed by atoms with Gasteiger partial charge in [0.15, 0.2) is 0 Å². The number of hydrogen-bond donors (Lipinski definition) is 2. The van der Waals surface area contributed by atoms with Crippen molar-refractivity contribution >= 4 is 50.4 Å². The van der Waals surface area contributed by atoms with E-state index in [4.69, 9.17) is 10.1 Å². The molecular formula is C24H27BrN6O3. The van der Waals surface area contributed by atoms with Crippen LogP contribution in [0.4, 0.5) is 22.1 Å². The number of nitrogens with one attached hydrogen (secondary N) is 1. The third-order valence-electron chi connectivity index (χ3n) is 6.77. The molecule has 1 saturated carbocycles. The molecule has 1 aromatic carbocycles. The van der Waals surface area contributed by atoms with Gasteiger partial charge in [-0.05, 0) is 66.0 Å². The molecular weight excluding hydrogens is 500 g/mol. The van der Waals surface area contributed by atoms with Crippen molar-refractivity contribution < 1.29 is 9.90 Å². The number of halogens is 1. The van der Waals surface area contributed by atoms with Gasteiger partial charge in [0.05, 0.1) is 10.2 Å². The van der Waals surface area contributed by atoms with E-state index >= 15 is 0 Å². The molecule has 3 heterocycles. The van der Waals surface area contributed by atoms with Crippen LogP contribution in [0.3, 0.4) is 0 Å². The van der Waals surface area contributed by atoms with Crippen LogP contribution in [0.1, 0.15) is 37.4 Å². The Balaban J connectivity index is 1.40. The molecule has 2 aliphatic rings. The highest BCUT2D eigenvalue weighted by molar-refractivity contribution is 9.10. The van der Waals surface area contributed by atoms with Crippen molar-refractivity contribution in [3.05, 3.63) is 50.9 Å². The van der Waals surface area contributed by atoms with Gasteiger partial charge in [0, 0.05) is 49.0 Å². The van der Waals surface area contributed by atoms with Crippen LogP contribution in [-0.4, -0.2) is 56.8 Å². The Bertz CT molecular complexity index is 1280. The number of hydrogen-bond acceptors (Lipinski definition) is 6. The molecule has 1 amide bonds. The fourth-order valence-electron chi connectivity index (χ4n) is 4.92. The first-order valence-corrected chi connectivity index (χ1v) is 12.4. The van der Waals surface area contributed by atoms with Gasteiger partial charge in [-0.2, -0.15) is 4.98 Å². The predicted octanol–water partition coefficient (Wildman–Crippen LogP) is 4.52. The fourth-order valence-corrected chi connectivity index (χ4v) is 5.34. The minimum atomic E-state index is -0.865. The summed E-state index contributed by atoms with van der Waals surface area (Å²) in [5.41, 5.74) is 3.33. The topological polar surface area (TPSA) is 104 Å². The molecule has 0 radical (unpaired) electrons. The van der Waals surface area contributed by atoms with Crippen LogP contribution in [-0.2, 0) is 0 Å². The summed E-state index contributed by atoms with van der Waals surface area (Å²) < 4.78 is 2.38. The van der Waals surface area contributed by atoms with E-state index in [1.807, 2.05) is 41.8 Å². The van der Waals surface area contributed by atoms with Gasteiger partial charge in [-0.15, -0.1) is 0 Å². The van der Waals surface area contributed by atoms with Crippen molar-refractivity contribution in [2.75, 3.05) is 36.4 Å². The number of aryl methyl sites for hydroxylation is 1. The Kier molecular flexibility index (Phi) is 6.16. The van der Waals surface area contributed by atoms with Crippen LogP contribution < -0.4 is 15.8 Å². The Morgan fingerprint density at radius 3 is 2.41 bits per heavy atom. The molecule has 0 atom stereocenters. The van der Waals surface area contributed by atoms with Crippen LogP contribution >= 0.6 is 15.9 Å². The maximum atomic E-state index is 13.0. The second-order valence-corrected chi connectivity index (χ2v) is 9.76. The molecule has 1 saturated heterocycles. The van der Waals surface area contributed by atoms with Gasteiger partial charge in [-0.1, -0.05) is 12.8 Å². The summed E-state index contributed by atoms with van der Waals surface area (Å²) in [5, 5.41) is 13.3. The lowest BCUT2D eigenvalue weighted by Crippen LogP contribution is -2.48. The zero-order chi connectivity index (χ0) is 23.8. The van der Waals surface area contributed by atoms with E-state index in [1.54, 1.807) is 0 Å². The van der Waals surface area contributed by atoms with Crippen LogP contribution in [0.5, 0.6) is 0 Å². The molecule has 10 heteroatoms. The van der Waals surface area contributed by atoms with Gasteiger partial charge >= 0.3 is 6.09 Å². The summed E-state index contributed by atoms with van der Waals surface area (Å²) in [6, 6.07) is 9.94. The number of rotatable bonds is 4. The summed E-state index contributed by atoms with van der Waals surface area (Å²) in [4.78, 5) is 37.1. The van der Waals surface area contributed by atoms with Crippen LogP contribution in [0.15, 0.2) is 39.6 Å². The fraction of sp³-hybridized carbons (Fsp3) is 0.417. The maximum Gasteiger partial charge on any atom is 0.407 e. The minimum absolute atomic E-state index is 0.0456. The largest absolute Gasteiger partial charge is 0.465 e. The van der Waals surface area contributed by atoms with E-state index in [-0.39, 0.29) is 11.6 Å². The molecule has 9 nitrogen and oxygen atoms in total. The SMILES string of the molecule is Cc1nc(Nc2ccc(N3CCN(C(=O)O)CC3)cc2)nc2c1cc(Br)c(=O)n2C1CCCC1. The Morgan fingerprint density at radius 1 is 1.09 bits per heavy atom. The summed E-state index contributed by atoms with van der Waals surface area (Å²) in [6.45, 7) is 4.27. The van der Waals surface area contributed by atoms with Crippen LogP contribution in [0.25, 0.3) is 11.0 Å². The van der Waals surface area contributed by atoms with Crippen molar-refractivity contribution in [3.63, 3.8) is 0 Å². The molecule has 1 aliphatic heterocycles. The molecule has 1 aliphatic carbocycles. The number of carboxylic acid groups (broad SMARTS) is 1. The van der Waals surface area contributed by atoms with Crippen LogP contribution in [0, 0.1) is 6.92 Å².